The summed E-state index contributed by atoms with van der Waals surface area (Å²) in [6, 6.07) is 30.9. The molecule has 3 nitrogen and oxygen atoms in total. The maximum absolute atomic E-state index is 11.0. The van der Waals surface area contributed by atoms with Gasteiger partial charge >= 0.3 is 5.97 Å². The second-order valence-corrected chi connectivity index (χ2v) is 7.19. The Bertz CT molecular complexity index is 766. The van der Waals surface area contributed by atoms with Gasteiger partial charge in [-0.3, -0.25) is 4.79 Å². The average molecular weight is 373 g/mol. The molecule has 0 unspecified atom stereocenters. The Morgan fingerprint density at radius 3 is 1.50 bits per heavy atom. The number of carbonyl (C=O) groups is 1. The standard InChI is InChI=1S/C25H27NO2/c26-23(24(27)28)18-10-11-19-25(20-12-4-1-5-13-20,21-14-6-2-7-15-21)22-16-8-3-9-17-22/h1-9,12-17,23H,10-11,18-19,26H2,(H,27,28)/t23-/m0/s1. The van der Waals surface area contributed by atoms with Crippen LogP contribution >= 0.6 is 0 Å². The first-order valence-corrected chi connectivity index (χ1v) is 9.79. The first-order chi connectivity index (χ1) is 13.6. The molecule has 3 aromatic carbocycles. The molecule has 0 aliphatic carbocycles. The van der Waals surface area contributed by atoms with Crippen molar-refractivity contribution in [3.63, 3.8) is 0 Å². The number of hydrogen-bond donors (Lipinski definition) is 2. The molecule has 3 heteroatoms. The molecule has 0 saturated heterocycles. The molecule has 0 fully saturated rings. The van der Waals surface area contributed by atoms with Crippen LogP contribution in [-0.4, -0.2) is 17.1 Å². The van der Waals surface area contributed by atoms with E-state index in [0.717, 1.165) is 19.3 Å². The number of carboxylic acids is 1. The highest BCUT2D eigenvalue weighted by Gasteiger charge is 2.35. The summed E-state index contributed by atoms with van der Waals surface area (Å²) in [6.07, 6.45) is 3.04. The second kappa shape index (κ2) is 9.34. The SMILES string of the molecule is N[C@@H](CCCCC(c1ccccc1)(c1ccccc1)c1ccccc1)C(=O)O. The molecule has 0 aliphatic heterocycles. The van der Waals surface area contributed by atoms with E-state index in [1.165, 1.54) is 16.7 Å². The van der Waals surface area contributed by atoms with Gasteiger partial charge in [-0.15, -0.1) is 0 Å². The third kappa shape index (κ3) is 4.32. The topological polar surface area (TPSA) is 63.3 Å². The molecule has 0 spiro atoms. The van der Waals surface area contributed by atoms with E-state index >= 15 is 0 Å². The zero-order chi connectivity index (χ0) is 19.8. The van der Waals surface area contributed by atoms with Gasteiger partial charge in [-0.1, -0.05) is 104 Å². The molecule has 28 heavy (non-hydrogen) atoms. The molecule has 0 heterocycles. The lowest BCUT2D eigenvalue weighted by Crippen LogP contribution is -2.31. The molecule has 0 aromatic heterocycles. The Morgan fingerprint density at radius 2 is 1.14 bits per heavy atom. The van der Waals surface area contributed by atoms with E-state index in [4.69, 9.17) is 10.8 Å². The van der Waals surface area contributed by atoms with E-state index in [0.29, 0.717) is 6.42 Å². The van der Waals surface area contributed by atoms with Crippen LogP contribution in [0, 0.1) is 0 Å². The highest BCUT2D eigenvalue weighted by atomic mass is 16.4. The Labute approximate surface area is 166 Å². The van der Waals surface area contributed by atoms with E-state index in [1.807, 2.05) is 18.2 Å². The van der Waals surface area contributed by atoms with Gasteiger partial charge in [-0.25, -0.2) is 0 Å². The fourth-order valence-corrected chi connectivity index (χ4v) is 3.98. The van der Waals surface area contributed by atoms with E-state index in [1.54, 1.807) is 0 Å². The molecular formula is C25H27NO2. The highest BCUT2D eigenvalue weighted by molar-refractivity contribution is 5.72. The van der Waals surface area contributed by atoms with Gasteiger partial charge in [-0.05, 0) is 29.5 Å². The van der Waals surface area contributed by atoms with Crippen molar-refractivity contribution in [3.8, 4) is 0 Å². The molecule has 0 saturated carbocycles. The number of rotatable bonds is 9. The van der Waals surface area contributed by atoms with Crippen LogP contribution < -0.4 is 5.73 Å². The molecule has 0 bridgehead atoms. The average Bonchev–Trinajstić information content (AvgIpc) is 2.75. The molecule has 0 aliphatic rings. The summed E-state index contributed by atoms with van der Waals surface area (Å²) in [7, 11) is 0. The maximum Gasteiger partial charge on any atom is 0.320 e. The largest absolute Gasteiger partial charge is 0.480 e. The van der Waals surface area contributed by atoms with Crippen LogP contribution in [0.1, 0.15) is 42.4 Å². The number of nitrogens with two attached hydrogens (primary N) is 1. The predicted octanol–water partition coefficient (Wildman–Crippen LogP) is 4.99. The van der Waals surface area contributed by atoms with Gasteiger partial charge in [0.05, 0.1) is 0 Å². The van der Waals surface area contributed by atoms with Crippen LogP contribution in [0.4, 0.5) is 0 Å². The van der Waals surface area contributed by atoms with E-state index in [2.05, 4.69) is 72.8 Å². The lowest BCUT2D eigenvalue weighted by molar-refractivity contribution is -0.138. The van der Waals surface area contributed by atoms with Crippen molar-refractivity contribution in [1.29, 1.82) is 0 Å². The Hall–Kier alpha value is -2.91. The lowest BCUT2D eigenvalue weighted by atomic mass is 9.66. The maximum atomic E-state index is 11.0. The molecule has 3 N–H and O–H groups in total. The normalized spacial score (nSPS) is 12.5. The van der Waals surface area contributed by atoms with Gasteiger partial charge in [0.25, 0.3) is 0 Å². The van der Waals surface area contributed by atoms with Crippen molar-refractivity contribution in [2.45, 2.75) is 37.1 Å². The van der Waals surface area contributed by atoms with Gasteiger partial charge in [0.15, 0.2) is 0 Å². The Kier molecular flexibility index (Phi) is 6.62. The van der Waals surface area contributed by atoms with Crippen molar-refractivity contribution in [2.75, 3.05) is 0 Å². The summed E-state index contributed by atoms with van der Waals surface area (Å²) in [5, 5.41) is 9.05. The van der Waals surface area contributed by atoms with Crippen molar-refractivity contribution in [3.05, 3.63) is 108 Å². The van der Waals surface area contributed by atoms with Crippen molar-refractivity contribution in [2.24, 2.45) is 5.73 Å². The number of unbranched alkanes of at least 4 members (excludes halogenated alkanes) is 1. The van der Waals surface area contributed by atoms with Crippen LogP contribution in [0.3, 0.4) is 0 Å². The van der Waals surface area contributed by atoms with Gasteiger partial charge in [0, 0.05) is 5.41 Å². The number of hydrogen-bond acceptors (Lipinski definition) is 2. The minimum absolute atomic E-state index is 0.281. The summed E-state index contributed by atoms with van der Waals surface area (Å²) in [4.78, 5) is 11.0. The van der Waals surface area contributed by atoms with Crippen LogP contribution in [0.25, 0.3) is 0 Å². The molecule has 3 aromatic rings. The van der Waals surface area contributed by atoms with Crippen LogP contribution in [0.2, 0.25) is 0 Å². The summed E-state index contributed by atoms with van der Waals surface area (Å²) >= 11 is 0. The van der Waals surface area contributed by atoms with Crippen LogP contribution in [-0.2, 0) is 10.2 Å². The van der Waals surface area contributed by atoms with Crippen molar-refractivity contribution >= 4 is 5.97 Å². The van der Waals surface area contributed by atoms with Crippen LogP contribution in [0.5, 0.6) is 0 Å². The Balaban J connectivity index is 2.00. The van der Waals surface area contributed by atoms with Gasteiger partial charge in [-0.2, -0.15) is 0 Å². The molecule has 144 valence electrons. The first-order valence-electron chi connectivity index (χ1n) is 9.79. The smallest absolute Gasteiger partial charge is 0.320 e. The predicted molar refractivity (Wildman–Crippen MR) is 113 cm³/mol. The monoisotopic (exact) mass is 373 g/mol. The second-order valence-electron chi connectivity index (χ2n) is 7.19. The van der Waals surface area contributed by atoms with Gasteiger partial charge in [0.2, 0.25) is 0 Å². The van der Waals surface area contributed by atoms with Crippen LogP contribution in [0.15, 0.2) is 91.0 Å². The molecule has 1 atom stereocenters. The fourth-order valence-electron chi connectivity index (χ4n) is 3.98. The van der Waals surface area contributed by atoms with E-state index in [-0.39, 0.29) is 5.41 Å². The number of aliphatic carboxylic acids is 1. The lowest BCUT2D eigenvalue weighted by Gasteiger charge is -2.36. The summed E-state index contributed by atoms with van der Waals surface area (Å²) in [6.45, 7) is 0. The van der Waals surface area contributed by atoms with Crippen molar-refractivity contribution in [1.82, 2.24) is 0 Å². The van der Waals surface area contributed by atoms with Gasteiger partial charge < -0.3 is 10.8 Å². The zero-order valence-corrected chi connectivity index (χ0v) is 16.0. The third-order valence-corrected chi connectivity index (χ3v) is 5.43. The molecule has 0 radical (unpaired) electrons. The Morgan fingerprint density at radius 1 is 0.750 bits per heavy atom. The van der Waals surface area contributed by atoms with E-state index in [9.17, 15) is 4.79 Å². The minimum Gasteiger partial charge on any atom is -0.480 e. The van der Waals surface area contributed by atoms with Gasteiger partial charge in [0.1, 0.15) is 6.04 Å². The summed E-state index contributed by atoms with van der Waals surface area (Å²) in [5.74, 6) is -0.930. The summed E-state index contributed by atoms with van der Waals surface area (Å²) in [5.41, 5.74) is 9.16. The molecular weight excluding hydrogens is 346 g/mol. The zero-order valence-electron chi connectivity index (χ0n) is 16.0. The fraction of sp³-hybridized carbons (Fsp3) is 0.240. The number of carboxylic acid groups (broad SMARTS) is 1. The summed E-state index contributed by atoms with van der Waals surface area (Å²) < 4.78 is 0. The quantitative estimate of drug-likeness (QED) is 0.410. The van der Waals surface area contributed by atoms with E-state index < -0.39 is 12.0 Å². The minimum atomic E-state index is -0.930. The third-order valence-electron chi connectivity index (χ3n) is 5.43. The highest BCUT2D eigenvalue weighted by Crippen LogP contribution is 2.43. The molecule has 0 amide bonds. The number of benzene rings is 3. The van der Waals surface area contributed by atoms with Crippen molar-refractivity contribution < 1.29 is 9.90 Å². The first kappa shape index (κ1) is 19.8. The molecule has 3 rings (SSSR count).